The van der Waals surface area contributed by atoms with Crippen LogP contribution in [0.3, 0.4) is 0 Å². The molecule has 3 heteroatoms. The van der Waals surface area contributed by atoms with E-state index in [2.05, 4.69) is 30.7 Å². The molecule has 0 spiro atoms. The van der Waals surface area contributed by atoms with Gasteiger partial charge in [0.05, 0.1) is 0 Å². The van der Waals surface area contributed by atoms with Crippen molar-refractivity contribution >= 4 is 31.3 Å². The van der Waals surface area contributed by atoms with Crippen molar-refractivity contribution < 1.29 is 0 Å². The first-order valence-electron chi connectivity index (χ1n) is 2.87. The standard InChI is InChI=1S/C7H8S3/c1-6-2-4-7(5-3-6)10(8)9/h2-5H,1H3,(H,8,9). The van der Waals surface area contributed by atoms with E-state index in [0.717, 1.165) is 4.90 Å². The molecular weight excluding hydrogens is 180 g/mol. The second-order valence-corrected chi connectivity index (χ2v) is 5.87. The summed E-state index contributed by atoms with van der Waals surface area (Å²) in [5, 5.41) is 0. The van der Waals surface area contributed by atoms with Crippen LogP contribution in [0.4, 0.5) is 0 Å². The van der Waals surface area contributed by atoms with Crippen LogP contribution >= 0.6 is 11.7 Å². The van der Waals surface area contributed by atoms with Crippen LogP contribution in [0, 0.1) is 6.92 Å². The minimum atomic E-state index is -0.309. The van der Waals surface area contributed by atoms with Gasteiger partial charge in [-0.25, -0.2) is 0 Å². The predicted octanol–water partition coefficient (Wildman–Crippen LogP) is 2.28. The molecule has 0 saturated heterocycles. The number of hydrogen-bond acceptors (Lipinski definition) is 1. The molecule has 10 heavy (non-hydrogen) atoms. The minimum Gasteiger partial charge on any atom is -0.102 e. The van der Waals surface area contributed by atoms with Gasteiger partial charge < -0.3 is 0 Å². The van der Waals surface area contributed by atoms with Crippen LogP contribution in [-0.2, 0) is 19.7 Å². The topological polar surface area (TPSA) is 0 Å². The van der Waals surface area contributed by atoms with Crippen molar-refractivity contribution in [3.8, 4) is 0 Å². The van der Waals surface area contributed by atoms with Gasteiger partial charge >= 0.3 is 0 Å². The number of thiol groups is 1. The van der Waals surface area contributed by atoms with Gasteiger partial charge in [0.2, 0.25) is 0 Å². The lowest BCUT2D eigenvalue weighted by molar-refractivity contribution is 1.38. The molecule has 0 amide bonds. The fraction of sp³-hybridized carbons (Fsp3) is 0.143. The van der Waals surface area contributed by atoms with Crippen LogP contribution in [0.2, 0.25) is 0 Å². The molecule has 54 valence electrons. The molecule has 0 aliphatic heterocycles. The fourth-order valence-corrected chi connectivity index (χ4v) is 1.72. The van der Waals surface area contributed by atoms with Crippen molar-refractivity contribution in [1.82, 2.24) is 0 Å². The molecule has 0 heterocycles. The zero-order chi connectivity index (χ0) is 7.56. The molecule has 1 aromatic rings. The molecule has 1 unspecified atom stereocenters. The van der Waals surface area contributed by atoms with E-state index < -0.39 is 0 Å². The summed E-state index contributed by atoms with van der Waals surface area (Å²) in [6.07, 6.45) is 0. The monoisotopic (exact) mass is 188 g/mol. The Labute approximate surface area is 73.1 Å². The molecule has 0 radical (unpaired) electrons. The normalized spacial score (nSPS) is 13.0. The Morgan fingerprint density at radius 1 is 1.30 bits per heavy atom. The van der Waals surface area contributed by atoms with Gasteiger partial charge in [0.1, 0.15) is 0 Å². The molecule has 0 aliphatic carbocycles. The van der Waals surface area contributed by atoms with E-state index in [1.54, 1.807) is 0 Å². The zero-order valence-corrected chi connectivity index (χ0v) is 8.10. The molecule has 1 rings (SSSR count). The van der Waals surface area contributed by atoms with Gasteiger partial charge in [-0.15, -0.1) is 11.7 Å². The van der Waals surface area contributed by atoms with Crippen molar-refractivity contribution in [3.63, 3.8) is 0 Å². The summed E-state index contributed by atoms with van der Waals surface area (Å²) in [5.74, 6) is 0. The van der Waals surface area contributed by atoms with Gasteiger partial charge in [-0.1, -0.05) is 17.7 Å². The summed E-state index contributed by atoms with van der Waals surface area (Å²) in [5.41, 5.74) is 1.26. The summed E-state index contributed by atoms with van der Waals surface area (Å²) >= 11 is 9.15. The summed E-state index contributed by atoms with van der Waals surface area (Å²) in [6.45, 7) is 2.06. The lowest BCUT2D eigenvalue weighted by atomic mass is 10.2. The highest BCUT2D eigenvalue weighted by molar-refractivity contribution is 8.76. The third kappa shape index (κ3) is 2.08. The third-order valence-corrected chi connectivity index (χ3v) is 3.11. The van der Waals surface area contributed by atoms with E-state index in [1.165, 1.54) is 5.56 Å². The summed E-state index contributed by atoms with van der Waals surface area (Å²) in [6, 6.07) is 8.16. The fourth-order valence-electron chi connectivity index (χ4n) is 0.655. The maximum Gasteiger partial charge on any atom is 0.0219 e. The Bertz CT molecular complexity index is 238. The van der Waals surface area contributed by atoms with Crippen LogP contribution in [0.15, 0.2) is 29.2 Å². The van der Waals surface area contributed by atoms with Crippen molar-refractivity contribution in [1.29, 1.82) is 0 Å². The molecular formula is C7H8S3. The van der Waals surface area contributed by atoms with Crippen molar-refractivity contribution in [2.24, 2.45) is 0 Å². The maximum absolute atomic E-state index is 4.98. The van der Waals surface area contributed by atoms with Gasteiger partial charge in [0.15, 0.2) is 0 Å². The lowest BCUT2D eigenvalue weighted by Crippen LogP contribution is -1.78. The highest BCUT2D eigenvalue weighted by Gasteiger charge is 1.90. The average molecular weight is 188 g/mol. The first-order valence-corrected chi connectivity index (χ1v) is 6.08. The molecule has 1 atom stereocenters. The van der Waals surface area contributed by atoms with Crippen molar-refractivity contribution in [2.75, 3.05) is 0 Å². The SMILES string of the molecule is Cc1ccc(S(=S)S)cc1. The molecule has 0 saturated carbocycles. The average Bonchev–Trinajstić information content (AvgIpc) is 1.88. The smallest absolute Gasteiger partial charge is 0.0219 e. The number of hydrogen-bond donors (Lipinski definition) is 1. The summed E-state index contributed by atoms with van der Waals surface area (Å²) in [7, 11) is -0.309. The molecule has 0 N–H and O–H groups in total. The molecule has 0 nitrogen and oxygen atoms in total. The number of benzene rings is 1. The molecule has 1 aromatic carbocycles. The van der Waals surface area contributed by atoms with Crippen LogP contribution in [-0.4, -0.2) is 0 Å². The van der Waals surface area contributed by atoms with Crippen LogP contribution in [0.25, 0.3) is 0 Å². The Morgan fingerprint density at radius 2 is 1.80 bits per heavy atom. The third-order valence-electron chi connectivity index (χ3n) is 1.22. The second kappa shape index (κ2) is 3.51. The second-order valence-electron chi connectivity index (χ2n) is 2.06. The highest BCUT2D eigenvalue weighted by atomic mass is 33.3. The summed E-state index contributed by atoms with van der Waals surface area (Å²) in [4.78, 5) is 1.13. The van der Waals surface area contributed by atoms with Crippen molar-refractivity contribution in [3.05, 3.63) is 29.8 Å². The van der Waals surface area contributed by atoms with Gasteiger partial charge in [-0.2, -0.15) is 0 Å². The van der Waals surface area contributed by atoms with Gasteiger partial charge in [0.25, 0.3) is 0 Å². The van der Waals surface area contributed by atoms with Gasteiger partial charge in [-0.05, 0) is 38.7 Å². The van der Waals surface area contributed by atoms with Gasteiger partial charge in [0, 0.05) is 4.90 Å². The maximum atomic E-state index is 4.98. The van der Waals surface area contributed by atoms with Gasteiger partial charge in [-0.3, -0.25) is 0 Å². The minimum absolute atomic E-state index is 0.309. The molecule has 0 aliphatic rings. The Hall–Kier alpha value is 0.140. The Balaban J connectivity index is 3.00. The number of rotatable bonds is 1. The quantitative estimate of drug-likeness (QED) is 0.521. The first kappa shape index (κ1) is 8.24. The highest BCUT2D eigenvalue weighted by Crippen LogP contribution is 2.10. The lowest BCUT2D eigenvalue weighted by Gasteiger charge is -1.96. The van der Waals surface area contributed by atoms with E-state index >= 15 is 0 Å². The first-order chi connectivity index (χ1) is 4.70. The van der Waals surface area contributed by atoms with E-state index in [0.29, 0.717) is 0 Å². The molecule has 0 bridgehead atoms. The van der Waals surface area contributed by atoms with E-state index in [-0.39, 0.29) is 8.49 Å². The zero-order valence-electron chi connectivity index (χ0n) is 5.57. The largest absolute Gasteiger partial charge is 0.102 e. The van der Waals surface area contributed by atoms with Crippen molar-refractivity contribution in [2.45, 2.75) is 11.8 Å². The summed E-state index contributed by atoms with van der Waals surface area (Å²) < 4.78 is 0. The Morgan fingerprint density at radius 3 is 2.20 bits per heavy atom. The van der Waals surface area contributed by atoms with Crippen LogP contribution in [0.1, 0.15) is 5.56 Å². The van der Waals surface area contributed by atoms with E-state index in [1.807, 2.05) is 12.1 Å². The van der Waals surface area contributed by atoms with E-state index in [9.17, 15) is 0 Å². The molecule has 0 aromatic heterocycles. The predicted molar refractivity (Wildman–Crippen MR) is 53.2 cm³/mol. The number of aryl methyl sites for hydroxylation is 1. The Kier molecular flexibility index (Phi) is 2.89. The van der Waals surface area contributed by atoms with E-state index in [4.69, 9.17) is 11.2 Å². The molecule has 0 fully saturated rings. The van der Waals surface area contributed by atoms with Crippen LogP contribution < -0.4 is 0 Å². The van der Waals surface area contributed by atoms with Crippen LogP contribution in [0.5, 0.6) is 0 Å².